The van der Waals surface area contributed by atoms with E-state index in [1.54, 1.807) is 0 Å². The lowest BCUT2D eigenvalue weighted by Gasteiger charge is -2.00. The second-order valence-corrected chi connectivity index (χ2v) is 2.98. The van der Waals surface area contributed by atoms with Crippen LogP contribution in [0.25, 0.3) is 6.08 Å². The Morgan fingerprint density at radius 1 is 1.33 bits per heavy atom. The van der Waals surface area contributed by atoms with Crippen LogP contribution in [0.15, 0.2) is 16.6 Å². The molecule has 0 radical (unpaired) electrons. The molecule has 1 aromatic carbocycles. The summed E-state index contributed by atoms with van der Waals surface area (Å²) >= 11 is 3.01. The molecule has 0 aromatic heterocycles. The molecule has 0 saturated carbocycles. The van der Waals surface area contributed by atoms with Crippen molar-refractivity contribution in [3.05, 3.63) is 22.2 Å². The fourth-order valence-corrected chi connectivity index (χ4v) is 1.08. The highest BCUT2D eigenvalue weighted by Gasteiger charge is 2.03. The maximum Gasteiger partial charge on any atom is 0.130 e. The maximum atomic E-state index is 9.94. The molecule has 4 heteroatoms. The molecule has 0 bridgehead atoms. The van der Waals surface area contributed by atoms with Gasteiger partial charge in [-0.15, -0.1) is 0 Å². The van der Waals surface area contributed by atoms with Gasteiger partial charge >= 0.3 is 0 Å². The Morgan fingerprint density at radius 2 is 2.00 bits per heavy atom. The van der Waals surface area contributed by atoms with Crippen LogP contribution in [-0.4, -0.2) is 16.2 Å². The van der Waals surface area contributed by atoms with Crippen LogP contribution in [0.1, 0.15) is 5.56 Å². The van der Waals surface area contributed by atoms with Gasteiger partial charge in [-0.25, -0.2) is 4.79 Å². The topological polar surface area (TPSA) is 57.5 Å². The van der Waals surface area contributed by atoms with Crippen LogP contribution in [-0.2, 0) is 4.79 Å². The summed E-state index contributed by atoms with van der Waals surface area (Å²) in [4.78, 5) is 9.94. The van der Waals surface area contributed by atoms with Crippen LogP contribution in [0, 0.1) is 0 Å². The number of hydrogen-bond acceptors (Lipinski definition) is 3. The van der Waals surface area contributed by atoms with Crippen molar-refractivity contribution in [1.82, 2.24) is 0 Å². The van der Waals surface area contributed by atoms with Crippen molar-refractivity contribution in [2.45, 2.75) is 0 Å². The SMILES string of the molecule is O=C=Cc1cc(O)c(Br)cc1O. The molecule has 0 amide bonds. The van der Waals surface area contributed by atoms with Gasteiger partial charge in [0, 0.05) is 11.6 Å². The number of phenols is 2. The monoisotopic (exact) mass is 228 g/mol. The zero-order chi connectivity index (χ0) is 9.14. The van der Waals surface area contributed by atoms with Gasteiger partial charge in [-0.3, -0.25) is 0 Å². The quantitative estimate of drug-likeness (QED) is 0.569. The molecule has 0 saturated heterocycles. The number of carbonyl (C=O) groups excluding carboxylic acids is 1. The predicted molar refractivity (Wildman–Crippen MR) is 47.6 cm³/mol. The van der Waals surface area contributed by atoms with Crippen LogP contribution in [0.4, 0.5) is 0 Å². The van der Waals surface area contributed by atoms with Crippen LogP contribution in [0.2, 0.25) is 0 Å². The van der Waals surface area contributed by atoms with Gasteiger partial charge < -0.3 is 10.2 Å². The first-order valence-electron chi connectivity index (χ1n) is 3.07. The first kappa shape index (κ1) is 8.84. The molecular weight excluding hydrogens is 224 g/mol. The lowest BCUT2D eigenvalue weighted by atomic mass is 10.2. The molecule has 2 N–H and O–H groups in total. The van der Waals surface area contributed by atoms with Crippen molar-refractivity contribution in [2.75, 3.05) is 0 Å². The molecule has 1 aromatic rings. The number of rotatable bonds is 1. The average Bonchev–Trinajstić information content (AvgIpc) is 2.01. The number of aromatic hydroxyl groups is 2. The van der Waals surface area contributed by atoms with Gasteiger partial charge in [-0.1, -0.05) is 0 Å². The fourth-order valence-electron chi connectivity index (χ4n) is 0.747. The Labute approximate surface area is 77.1 Å². The Bertz CT molecular complexity index is 354. The molecule has 0 unspecified atom stereocenters. The number of hydrogen-bond donors (Lipinski definition) is 2. The largest absolute Gasteiger partial charge is 0.507 e. The van der Waals surface area contributed by atoms with E-state index in [1.165, 1.54) is 18.1 Å². The molecule has 1 rings (SSSR count). The fraction of sp³-hybridized carbons (Fsp3) is 0. The van der Waals surface area contributed by atoms with Gasteiger partial charge in [0.25, 0.3) is 0 Å². The molecule has 0 aliphatic heterocycles. The maximum absolute atomic E-state index is 9.94. The Balaban J connectivity index is 3.32. The number of benzene rings is 1. The normalized spacial score (nSPS) is 9.08. The molecule has 62 valence electrons. The highest BCUT2D eigenvalue weighted by Crippen LogP contribution is 2.31. The average molecular weight is 229 g/mol. The molecule has 3 nitrogen and oxygen atoms in total. The third-order valence-corrected chi connectivity index (χ3v) is 1.95. The van der Waals surface area contributed by atoms with Crippen LogP contribution in [0.5, 0.6) is 11.5 Å². The van der Waals surface area contributed by atoms with E-state index in [9.17, 15) is 9.90 Å². The van der Waals surface area contributed by atoms with E-state index in [-0.39, 0.29) is 17.1 Å². The van der Waals surface area contributed by atoms with Gasteiger partial charge in [-0.2, -0.15) is 0 Å². The molecule has 0 aliphatic carbocycles. The molecule has 12 heavy (non-hydrogen) atoms. The molecule has 0 aliphatic rings. The number of phenolic OH excluding ortho intramolecular Hbond substituents is 2. The zero-order valence-corrected chi connectivity index (χ0v) is 7.50. The first-order chi connectivity index (χ1) is 5.65. The lowest BCUT2D eigenvalue weighted by molar-refractivity contribution is 0.456. The first-order valence-corrected chi connectivity index (χ1v) is 3.87. The third-order valence-electron chi connectivity index (χ3n) is 1.31. The Hall–Kier alpha value is -1.25. The van der Waals surface area contributed by atoms with Gasteiger partial charge in [0.15, 0.2) is 0 Å². The van der Waals surface area contributed by atoms with E-state index in [0.717, 1.165) is 6.08 Å². The molecule has 0 heterocycles. The summed E-state index contributed by atoms with van der Waals surface area (Å²) in [5.74, 6) is 1.40. The van der Waals surface area contributed by atoms with E-state index >= 15 is 0 Å². The summed E-state index contributed by atoms with van der Waals surface area (Å²) in [5, 5.41) is 18.3. The number of halogens is 1. The highest BCUT2D eigenvalue weighted by molar-refractivity contribution is 9.10. The van der Waals surface area contributed by atoms with Crippen LogP contribution < -0.4 is 0 Å². The molecule has 0 atom stereocenters. The second-order valence-electron chi connectivity index (χ2n) is 2.12. The van der Waals surface area contributed by atoms with Crippen molar-refractivity contribution in [3.63, 3.8) is 0 Å². The summed E-state index contributed by atoms with van der Waals surface area (Å²) in [6, 6.07) is 2.57. The molecular formula is C8H5BrO3. The standard InChI is InChI=1S/C8H5BrO3/c9-6-4-7(11)5(1-2-10)3-8(6)12/h1,3-4,11-12H. The summed E-state index contributed by atoms with van der Waals surface area (Å²) in [5.41, 5.74) is 0.241. The van der Waals surface area contributed by atoms with E-state index in [0.29, 0.717) is 4.47 Å². The Kier molecular flexibility index (Phi) is 2.53. The van der Waals surface area contributed by atoms with Crippen LogP contribution >= 0.6 is 15.9 Å². The second kappa shape index (κ2) is 3.43. The summed E-state index contributed by atoms with van der Waals surface area (Å²) in [6.07, 6.45) is 1.04. The van der Waals surface area contributed by atoms with Gasteiger partial charge in [-0.05, 0) is 28.1 Å². The van der Waals surface area contributed by atoms with Crippen molar-refractivity contribution in [2.24, 2.45) is 0 Å². The minimum Gasteiger partial charge on any atom is -0.507 e. The molecule has 0 fully saturated rings. The lowest BCUT2D eigenvalue weighted by Crippen LogP contribution is -1.76. The van der Waals surface area contributed by atoms with Crippen LogP contribution in [0.3, 0.4) is 0 Å². The smallest absolute Gasteiger partial charge is 0.130 e. The van der Waals surface area contributed by atoms with E-state index < -0.39 is 0 Å². The summed E-state index contributed by atoms with van der Waals surface area (Å²) in [7, 11) is 0. The van der Waals surface area contributed by atoms with Gasteiger partial charge in [0.1, 0.15) is 17.4 Å². The van der Waals surface area contributed by atoms with Crippen molar-refractivity contribution < 1.29 is 15.0 Å². The van der Waals surface area contributed by atoms with Crippen molar-refractivity contribution in [3.8, 4) is 11.5 Å². The minimum absolute atomic E-state index is 0.0331. The highest BCUT2D eigenvalue weighted by atomic mass is 79.9. The van der Waals surface area contributed by atoms with Crippen molar-refractivity contribution in [1.29, 1.82) is 0 Å². The van der Waals surface area contributed by atoms with E-state index in [2.05, 4.69) is 15.9 Å². The summed E-state index contributed by atoms with van der Waals surface area (Å²) < 4.78 is 0.378. The third kappa shape index (κ3) is 1.67. The molecule has 0 spiro atoms. The predicted octanol–water partition coefficient (Wildman–Crippen LogP) is 1.71. The Morgan fingerprint density at radius 3 is 2.58 bits per heavy atom. The zero-order valence-electron chi connectivity index (χ0n) is 5.91. The van der Waals surface area contributed by atoms with E-state index in [4.69, 9.17) is 5.11 Å². The van der Waals surface area contributed by atoms with Gasteiger partial charge in [0.05, 0.1) is 4.47 Å². The minimum atomic E-state index is -0.0805. The van der Waals surface area contributed by atoms with E-state index in [1.807, 2.05) is 0 Å². The van der Waals surface area contributed by atoms with Crippen molar-refractivity contribution >= 4 is 27.9 Å². The van der Waals surface area contributed by atoms with Gasteiger partial charge in [0.2, 0.25) is 0 Å². The summed E-state index contributed by atoms with van der Waals surface area (Å²) in [6.45, 7) is 0.